The number of carbonyl (C=O) groups is 1. The number of hydrogen-bond donors (Lipinski definition) is 3. The molecule has 2 heterocycles. The van der Waals surface area contributed by atoms with E-state index in [1.807, 2.05) is 0 Å². The predicted molar refractivity (Wildman–Crippen MR) is 89.1 cm³/mol. The number of likely N-dealkylation sites (tertiary alicyclic amines) is 1. The van der Waals surface area contributed by atoms with Gasteiger partial charge in [-0.15, -0.1) is 0 Å². The number of carbonyl (C=O) groups excluding carboxylic acids is 1. The summed E-state index contributed by atoms with van der Waals surface area (Å²) in [6.07, 6.45) is 6.49. The Balaban J connectivity index is 1.73. The van der Waals surface area contributed by atoms with Crippen LogP contribution in [0.3, 0.4) is 0 Å². The Kier molecular flexibility index (Phi) is 6.01. The molecular weight excluding hydrogens is 294 g/mol. The van der Waals surface area contributed by atoms with Crippen molar-refractivity contribution in [2.24, 2.45) is 7.05 Å². The highest BCUT2D eigenvalue weighted by Crippen LogP contribution is 2.18. The van der Waals surface area contributed by atoms with Crippen LogP contribution in [0.15, 0.2) is 12.4 Å². The molecule has 0 saturated carbocycles. The Labute approximate surface area is 138 Å². The first-order valence-electron chi connectivity index (χ1n) is 8.39. The van der Waals surface area contributed by atoms with Crippen molar-refractivity contribution in [2.45, 2.75) is 44.8 Å². The Morgan fingerprint density at radius 1 is 1.48 bits per heavy atom. The van der Waals surface area contributed by atoms with Gasteiger partial charge in [0.2, 0.25) is 0 Å². The molecule has 1 fully saturated rings. The van der Waals surface area contributed by atoms with Crippen molar-refractivity contribution < 1.29 is 9.90 Å². The molecular formula is C16H29N5O2. The summed E-state index contributed by atoms with van der Waals surface area (Å²) in [5, 5.41) is 20.3. The van der Waals surface area contributed by atoms with Crippen LogP contribution in [0.2, 0.25) is 0 Å². The van der Waals surface area contributed by atoms with Crippen molar-refractivity contribution in [1.29, 1.82) is 0 Å². The van der Waals surface area contributed by atoms with Gasteiger partial charge in [0.25, 0.3) is 0 Å². The molecule has 23 heavy (non-hydrogen) atoms. The summed E-state index contributed by atoms with van der Waals surface area (Å²) in [4.78, 5) is 14.5. The minimum absolute atomic E-state index is 0.152. The number of aliphatic hydroxyl groups is 1. The van der Waals surface area contributed by atoms with E-state index in [9.17, 15) is 9.90 Å². The third-order valence-corrected chi connectivity index (χ3v) is 4.38. The second kappa shape index (κ2) is 7.79. The summed E-state index contributed by atoms with van der Waals surface area (Å²) in [6.45, 7) is 7.21. The van der Waals surface area contributed by atoms with E-state index >= 15 is 0 Å². The Morgan fingerprint density at radius 3 is 2.74 bits per heavy atom. The normalized spacial score (nSPS) is 19.3. The van der Waals surface area contributed by atoms with E-state index in [-0.39, 0.29) is 18.6 Å². The lowest BCUT2D eigenvalue weighted by Crippen LogP contribution is -2.50. The third kappa shape index (κ3) is 5.21. The van der Waals surface area contributed by atoms with E-state index in [1.54, 1.807) is 31.0 Å². The SMILES string of the molecule is CCCN1CCC(NC(=O)NCC(C)(O)c2cnn(C)c2)CC1. The van der Waals surface area contributed by atoms with Crippen LogP contribution in [0.4, 0.5) is 4.79 Å². The van der Waals surface area contributed by atoms with Crippen molar-refractivity contribution in [3.05, 3.63) is 18.0 Å². The predicted octanol–water partition coefficient (Wildman–Crippen LogP) is 0.801. The van der Waals surface area contributed by atoms with Gasteiger partial charge in [-0.2, -0.15) is 5.10 Å². The first-order valence-corrected chi connectivity index (χ1v) is 8.39. The molecule has 1 aromatic heterocycles. The molecule has 1 atom stereocenters. The smallest absolute Gasteiger partial charge is 0.315 e. The van der Waals surface area contributed by atoms with Crippen LogP contribution in [-0.4, -0.2) is 58.0 Å². The summed E-state index contributed by atoms with van der Waals surface area (Å²) in [5.41, 5.74) is -0.441. The van der Waals surface area contributed by atoms with Gasteiger partial charge >= 0.3 is 6.03 Å². The highest BCUT2D eigenvalue weighted by molar-refractivity contribution is 5.74. The molecule has 7 heteroatoms. The summed E-state index contributed by atoms with van der Waals surface area (Å²) >= 11 is 0. The van der Waals surface area contributed by atoms with E-state index in [4.69, 9.17) is 0 Å². The van der Waals surface area contributed by atoms with Crippen molar-refractivity contribution in [2.75, 3.05) is 26.2 Å². The number of amides is 2. The van der Waals surface area contributed by atoms with Crippen LogP contribution in [0.1, 0.15) is 38.7 Å². The molecule has 1 aliphatic rings. The molecule has 3 N–H and O–H groups in total. The monoisotopic (exact) mass is 323 g/mol. The number of piperidine rings is 1. The van der Waals surface area contributed by atoms with Crippen LogP contribution in [-0.2, 0) is 12.6 Å². The summed E-state index contributed by atoms with van der Waals surface area (Å²) in [6, 6.07) is -0.00504. The molecule has 7 nitrogen and oxygen atoms in total. The van der Waals surface area contributed by atoms with Gasteiger partial charge in [-0.3, -0.25) is 4.68 Å². The van der Waals surface area contributed by atoms with Gasteiger partial charge in [0.05, 0.1) is 12.7 Å². The second-order valence-corrected chi connectivity index (χ2v) is 6.62. The molecule has 1 aliphatic heterocycles. The molecule has 130 valence electrons. The molecule has 0 radical (unpaired) electrons. The first-order chi connectivity index (χ1) is 10.9. The lowest BCUT2D eigenvalue weighted by Gasteiger charge is -2.32. The van der Waals surface area contributed by atoms with E-state index < -0.39 is 5.60 Å². The number of nitrogens with one attached hydrogen (secondary N) is 2. The second-order valence-electron chi connectivity index (χ2n) is 6.62. The standard InChI is InChI=1S/C16H29N5O2/c1-4-7-21-8-5-14(6-9-21)19-15(22)17-12-16(2,23)13-10-18-20(3)11-13/h10-11,14,23H,4-9,12H2,1-3H3,(H2,17,19,22). The highest BCUT2D eigenvalue weighted by atomic mass is 16.3. The number of rotatable bonds is 6. The van der Waals surface area contributed by atoms with Gasteiger partial charge in [0.15, 0.2) is 0 Å². The van der Waals surface area contributed by atoms with Gasteiger partial charge in [-0.05, 0) is 32.7 Å². The van der Waals surface area contributed by atoms with Crippen LogP contribution >= 0.6 is 0 Å². The maximum Gasteiger partial charge on any atom is 0.315 e. The Hall–Kier alpha value is -1.60. The van der Waals surface area contributed by atoms with Crippen molar-refractivity contribution in [1.82, 2.24) is 25.3 Å². The van der Waals surface area contributed by atoms with Crippen LogP contribution in [0.5, 0.6) is 0 Å². The fraction of sp³-hybridized carbons (Fsp3) is 0.750. The van der Waals surface area contributed by atoms with E-state index in [1.165, 1.54) is 6.42 Å². The number of nitrogens with zero attached hydrogens (tertiary/aromatic N) is 3. The zero-order valence-electron chi connectivity index (χ0n) is 14.4. The lowest BCUT2D eigenvalue weighted by atomic mass is 10.00. The maximum absolute atomic E-state index is 12.0. The van der Waals surface area contributed by atoms with Gasteiger partial charge in [-0.1, -0.05) is 6.92 Å². The zero-order chi connectivity index (χ0) is 16.9. The molecule has 1 aromatic rings. The molecule has 0 spiro atoms. The number of hydrogen-bond acceptors (Lipinski definition) is 4. The summed E-state index contributed by atoms with van der Waals surface area (Å²) < 4.78 is 1.63. The van der Waals surface area contributed by atoms with Crippen molar-refractivity contribution in [3.63, 3.8) is 0 Å². The Morgan fingerprint density at radius 2 is 2.17 bits per heavy atom. The van der Waals surface area contributed by atoms with E-state index in [0.717, 1.165) is 32.5 Å². The molecule has 2 rings (SSSR count). The molecule has 1 unspecified atom stereocenters. The maximum atomic E-state index is 12.0. The van der Waals surface area contributed by atoms with Gasteiger partial charge in [0.1, 0.15) is 5.60 Å². The van der Waals surface area contributed by atoms with Crippen LogP contribution in [0, 0.1) is 0 Å². The van der Waals surface area contributed by atoms with Gasteiger partial charge in [-0.25, -0.2) is 4.79 Å². The van der Waals surface area contributed by atoms with E-state index in [0.29, 0.717) is 5.56 Å². The minimum Gasteiger partial charge on any atom is -0.383 e. The fourth-order valence-corrected chi connectivity index (χ4v) is 2.91. The average Bonchev–Trinajstić information content (AvgIpc) is 2.95. The van der Waals surface area contributed by atoms with Gasteiger partial charge in [0, 0.05) is 37.9 Å². The van der Waals surface area contributed by atoms with Crippen molar-refractivity contribution >= 4 is 6.03 Å². The number of urea groups is 1. The Bertz CT molecular complexity index is 506. The topological polar surface area (TPSA) is 82.4 Å². The lowest BCUT2D eigenvalue weighted by molar-refractivity contribution is 0.0590. The van der Waals surface area contributed by atoms with Gasteiger partial charge < -0.3 is 20.6 Å². The summed E-state index contributed by atoms with van der Waals surface area (Å²) in [5.74, 6) is 0. The average molecular weight is 323 g/mol. The van der Waals surface area contributed by atoms with Crippen LogP contribution < -0.4 is 10.6 Å². The molecule has 0 bridgehead atoms. The van der Waals surface area contributed by atoms with Crippen LogP contribution in [0.25, 0.3) is 0 Å². The quantitative estimate of drug-likeness (QED) is 0.723. The molecule has 2 amide bonds. The summed E-state index contributed by atoms with van der Waals surface area (Å²) in [7, 11) is 1.80. The minimum atomic E-state index is -1.13. The van der Waals surface area contributed by atoms with Crippen molar-refractivity contribution in [3.8, 4) is 0 Å². The third-order valence-electron chi connectivity index (χ3n) is 4.38. The first kappa shape index (κ1) is 17.7. The fourth-order valence-electron chi connectivity index (χ4n) is 2.91. The largest absolute Gasteiger partial charge is 0.383 e. The molecule has 0 aliphatic carbocycles. The zero-order valence-corrected chi connectivity index (χ0v) is 14.4. The number of aryl methyl sites for hydroxylation is 1. The molecule has 0 aromatic carbocycles. The number of aromatic nitrogens is 2. The highest BCUT2D eigenvalue weighted by Gasteiger charge is 2.26. The van der Waals surface area contributed by atoms with E-state index in [2.05, 4.69) is 27.6 Å². The molecule has 1 saturated heterocycles.